The zero-order valence-electron chi connectivity index (χ0n) is 9.87. The molecule has 0 spiro atoms. The third kappa shape index (κ3) is 2.44. The summed E-state index contributed by atoms with van der Waals surface area (Å²) in [7, 11) is 0. The molecular weight excluding hydrogens is 366 g/mol. The third-order valence-electron chi connectivity index (χ3n) is 2.47. The van der Waals surface area contributed by atoms with Gasteiger partial charge >= 0.3 is 11.4 Å². The largest absolute Gasteiger partial charge is 0.422 e. The fourth-order valence-corrected chi connectivity index (χ4v) is 3.25. The van der Waals surface area contributed by atoms with Gasteiger partial charge in [-0.25, -0.2) is 9.59 Å². The number of benzene rings is 1. The Labute approximate surface area is 120 Å². The average molecular weight is 377 g/mol. The number of aromatic nitrogens is 1. The molecule has 2 aromatic rings. The Morgan fingerprint density at radius 2 is 1.94 bits per heavy atom. The first-order valence-corrected chi connectivity index (χ1v) is 7.01. The Bertz CT molecular complexity index is 716. The standard InChI is InChI=1S/C12H11Br2NO3/c1-6(2)5-15-10-8(11(16)18-12(15)17)3-7(13)4-9(10)14/h3-4,6H,5H2,1-2H3. The van der Waals surface area contributed by atoms with E-state index >= 15 is 0 Å². The van der Waals surface area contributed by atoms with Crippen molar-refractivity contribution in [1.82, 2.24) is 4.57 Å². The van der Waals surface area contributed by atoms with E-state index in [0.29, 0.717) is 21.9 Å². The van der Waals surface area contributed by atoms with Crippen molar-refractivity contribution in [3.8, 4) is 0 Å². The van der Waals surface area contributed by atoms with Crippen LogP contribution in [-0.2, 0) is 6.54 Å². The van der Waals surface area contributed by atoms with Crippen LogP contribution in [0.5, 0.6) is 0 Å². The molecule has 1 aromatic carbocycles. The van der Waals surface area contributed by atoms with Crippen molar-refractivity contribution in [3.05, 3.63) is 42.0 Å². The summed E-state index contributed by atoms with van der Waals surface area (Å²) in [6.45, 7) is 4.49. The van der Waals surface area contributed by atoms with Crippen LogP contribution in [0, 0.1) is 5.92 Å². The van der Waals surface area contributed by atoms with Crippen LogP contribution in [0.15, 0.2) is 35.1 Å². The molecule has 0 radical (unpaired) electrons. The topological polar surface area (TPSA) is 52.2 Å². The first kappa shape index (κ1) is 13.5. The Hall–Kier alpha value is -0.880. The van der Waals surface area contributed by atoms with Crippen LogP contribution in [0.2, 0.25) is 0 Å². The summed E-state index contributed by atoms with van der Waals surface area (Å²) in [6.07, 6.45) is 0. The number of hydrogen-bond acceptors (Lipinski definition) is 3. The lowest BCUT2D eigenvalue weighted by Gasteiger charge is -2.12. The highest BCUT2D eigenvalue weighted by Crippen LogP contribution is 2.26. The minimum absolute atomic E-state index is 0.272. The highest BCUT2D eigenvalue weighted by Gasteiger charge is 2.14. The second kappa shape index (κ2) is 5.01. The Balaban J connectivity index is 2.93. The van der Waals surface area contributed by atoms with Gasteiger partial charge in [0.1, 0.15) is 0 Å². The van der Waals surface area contributed by atoms with E-state index < -0.39 is 11.4 Å². The molecule has 0 fully saturated rings. The molecule has 0 N–H and O–H groups in total. The summed E-state index contributed by atoms with van der Waals surface area (Å²) in [5, 5.41) is 0.386. The second-order valence-corrected chi connectivity index (χ2v) is 6.21. The molecule has 2 rings (SSSR count). The van der Waals surface area contributed by atoms with E-state index in [1.54, 1.807) is 12.1 Å². The van der Waals surface area contributed by atoms with E-state index in [9.17, 15) is 9.59 Å². The summed E-state index contributed by atoms with van der Waals surface area (Å²) in [6, 6.07) is 3.46. The minimum Gasteiger partial charge on any atom is -0.372 e. The minimum atomic E-state index is -0.621. The molecule has 0 amide bonds. The molecule has 0 saturated carbocycles. The van der Waals surface area contributed by atoms with Crippen LogP contribution >= 0.6 is 31.9 Å². The lowest BCUT2D eigenvalue weighted by atomic mass is 10.2. The highest BCUT2D eigenvalue weighted by atomic mass is 79.9. The molecular formula is C12H11Br2NO3. The van der Waals surface area contributed by atoms with Gasteiger partial charge in [-0.15, -0.1) is 0 Å². The van der Waals surface area contributed by atoms with Crippen molar-refractivity contribution in [3.63, 3.8) is 0 Å². The lowest BCUT2D eigenvalue weighted by Crippen LogP contribution is -2.27. The highest BCUT2D eigenvalue weighted by molar-refractivity contribution is 9.11. The Morgan fingerprint density at radius 3 is 2.56 bits per heavy atom. The Morgan fingerprint density at radius 1 is 1.28 bits per heavy atom. The van der Waals surface area contributed by atoms with Crippen molar-refractivity contribution in [2.75, 3.05) is 0 Å². The van der Waals surface area contributed by atoms with Gasteiger partial charge in [0.15, 0.2) is 0 Å². The number of fused-ring (bicyclic) bond motifs is 1. The van der Waals surface area contributed by atoms with Crippen LogP contribution in [0.1, 0.15) is 13.8 Å². The molecule has 0 atom stereocenters. The number of rotatable bonds is 2. The van der Waals surface area contributed by atoms with Gasteiger partial charge in [0.05, 0.1) is 10.9 Å². The van der Waals surface area contributed by atoms with E-state index in [1.807, 2.05) is 13.8 Å². The molecule has 1 heterocycles. The van der Waals surface area contributed by atoms with Gasteiger partial charge in [-0.05, 0) is 34.0 Å². The van der Waals surface area contributed by atoms with Crippen molar-refractivity contribution in [2.24, 2.45) is 5.92 Å². The average Bonchev–Trinajstić information content (AvgIpc) is 2.23. The first-order chi connectivity index (χ1) is 8.40. The van der Waals surface area contributed by atoms with E-state index in [-0.39, 0.29) is 5.92 Å². The van der Waals surface area contributed by atoms with Gasteiger partial charge in [0.2, 0.25) is 0 Å². The molecule has 0 bridgehead atoms. The smallest absolute Gasteiger partial charge is 0.372 e. The molecule has 18 heavy (non-hydrogen) atoms. The van der Waals surface area contributed by atoms with Crippen LogP contribution in [0.25, 0.3) is 10.9 Å². The van der Waals surface area contributed by atoms with E-state index in [2.05, 4.69) is 31.9 Å². The SMILES string of the molecule is CC(C)Cn1c(=O)oc(=O)c2cc(Br)cc(Br)c21. The van der Waals surface area contributed by atoms with Gasteiger partial charge in [0.25, 0.3) is 0 Å². The van der Waals surface area contributed by atoms with Crippen molar-refractivity contribution in [2.45, 2.75) is 20.4 Å². The molecule has 0 unspecified atom stereocenters. The van der Waals surface area contributed by atoms with Crippen LogP contribution in [0.3, 0.4) is 0 Å². The maximum Gasteiger partial charge on any atom is 0.422 e. The summed E-state index contributed by atoms with van der Waals surface area (Å²) in [5.74, 6) is -0.349. The molecule has 0 aliphatic carbocycles. The summed E-state index contributed by atoms with van der Waals surface area (Å²) in [4.78, 5) is 23.5. The Kier molecular flexibility index (Phi) is 3.77. The molecule has 96 valence electrons. The van der Waals surface area contributed by atoms with Crippen LogP contribution in [0.4, 0.5) is 0 Å². The first-order valence-electron chi connectivity index (χ1n) is 5.43. The zero-order valence-corrected chi connectivity index (χ0v) is 13.0. The van der Waals surface area contributed by atoms with Gasteiger partial charge in [-0.3, -0.25) is 4.57 Å². The predicted octanol–water partition coefficient (Wildman–Crippen LogP) is 3.14. The summed E-state index contributed by atoms with van der Waals surface area (Å²) >= 11 is 6.70. The quantitative estimate of drug-likeness (QED) is 0.808. The maximum atomic E-state index is 11.8. The molecule has 0 saturated heterocycles. The van der Waals surface area contributed by atoms with Gasteiger partial charge in [-0.1, -0.05) is 29.8 Å². The fourth-order valence-electron chi connectivity index (χ4n) is 1.81. The monoisotopic (exact) mass is 375 g/mol. The van der Waals surface area contributed by atoms with Gasteiger partial charge in [-0.2, -0.15) is 0 Å². The zero-order chi connectivity index (χ0) is 13.4. The number of nitrogens with zero attached hydrogens (tertiary/aromatic N) is 1. The van der Waals surface area contributed by atoms with E-state index in [0.717, 1.165) is 4.47 Å². The molecule has 1 aromatic heterocycles. The molecule has 0 aliphatic rings. The van der Waals surface area contributed by atoms with E-state index in [4.69, 9.17) is 4.42 Å². The van der Waals surface area contributed by atoms with Gasteiger partial charge in [0, 0.05) is 15.5 Å². The fraction of sp³-hybridized carbons (Fsp3) is 0.333. The predicted molar refractivity (Wildman–Crippen MR) is 77.0 cm³/mol. The third-order valence-corrected chi connectivity index (χ3v) is 3.53. The second-order valence-electron chi connectivity index (χ2n) is 4.44. The molecule has 4 nitrogen and oxygen atoms in total. The van der Waals surface area contributed by atoms with Crippen LogP contribution < -0.4 is 11.4 Å². The van der Waals surface area contributed by atoms with Gasteiger partial charge < -0.3 is 4.42 Å². The number of hydrogen-bond donors (Lipinski definition) is 0. The molecule has 0 aliphatic heterocycles. The van der Waals surface area contributed by atoms with Crippen LogP contribution in [-0.4, -0.2) is 4.57 Å². The molecule has 6 heteroatoms. The summed E-state index contributed by atoms with van der Waals surface area (Å²) < 4.78 is 7.67. The van der Waals surface area contributed by atoms with Crippen molar-refractivity contribution in [1.29, 1.82) is 0 Å². The maximum absolute atomic E-state index is 11.8. The number of halogens is 2. The normalized spacial score (nSPS) is 11.4. The summed E-state index contributed by atoms with van der Waals surface area (Å²) in [5.41, 5.74) is -0.0369. The van der Waals surface area contributed by atoms with Crippen molar-refractivity contribution < 1.29 is 4.42 Å². The van der Waals surface area contributed by atoms with E-state index in [1.165, 1.54) is 4.57 Å². The lowest BCUT2D eigenvalue weighted by molar-refractivity contribution is 0.392. The van der Waals surface area contributed by atoms with Crippen molar-refractivity contribution >= 4 is 42.8 Å².